The minimum absolute atomic E-state index is 0. The summed E-state index contributed by atoms with van der Waals surface area (Å²) in [5.74, 6) is -0.362. The average Bonchev–Trinajstić information content (AvgIpc) is 2.44. The third-order valence-corrected chi connectivity index (χ3v) is 4.00. The normalized spacial score (nSPS) is 18.3. The van der Waals surface area contributed by atoms with Crippen LogP contribution in [-0.4, -0.2) is 31.1 Å². The molecule has 122 valence electrons. The molecule has 21 heavy (non-hydrogen) atoms. The van der Waals surface area contributed by atoms with Crippen LogP contribution in [0.15, 0.2) is 18.2 Å². The van der Waals surface area contributed by atoms with Gasteiger partial charge in [0.1, 0.15) is 11.6 Å². The van der Waals surface area contributed by atoms with Gasteiger partial charge in [-0.1, -0.05) is 20.3 Å². The topological polar surface area (TPSA) is 15.3 Å². The van der Waals surface area contributed by atoms with Gasteiger partial charge in [-0.3, -0.25) is 4.90 Å². The van der Waals surface area contributed by atoms with Gasteiger partial charge >= 0.3 is 0 Å². The molecule has 1 fully saturated rings. The van der Waals surface area contributed by atoms with Crippen molar-refractivity contribution in [2.45, 2.75) is 26.3 Å². The second-order valence-corrected chi connectivity index (χ2v) is 5.28. The molecule has 1 N–H and O–H groups in total. The first-order valence-corrected chi connectivity index (χ1v) is 7.03. The minimum atomic E-state index is -0.361. The summed E-state index contributed by atoms with van der Waals surface area (Å²) in [4.78, 5) is 2.27. The highest BCUT2D eigenvalue weighted by atomic mass is 35.5. The van der Waals surface area contributed by atoms with E-state index in [4.69, 9.17) is 0 Å². The predicted molar refractivity (Wildman–Crippen MR) is 87.5 cm³/mol. The van der Waals surface area contributed by atoms with Crippen LogP contribution in [0.5, 0.6) is 0 Å². The fourth-order valence-corrected chi connectivity index (χ4v) is 2.79. The number of nitrogens with zero attached hydrogens (tertiary/aromatic N) is 1. The Balaban J connectivity index is 0.00000200. The van der Waals surface area contributed by atoms with E-state index in [0.717, 1.165) is 32.6 Å². The number of hydrogen-bond donors (Lipinski definition) is 1. The molecule has 0 aliphatic carbocycles. The number of nitrogens with one attached hydrogen (secondary N) is 1. The number of benzene rings is 1. The summed E-state index contributed by atoms with van der Waals surface area (Å²) in [5.41, 5.74) is 0.497. The highest BCUT2D eigenvalue weighted by molar-refractivity contribution is 5.85. The lowest BCUT2D eigenvalue weighted by molar-refractivity contribution is 0.125. The lowest BCUT2D eigenvalue weighted by atomic mass is 9.90. The maximum Gasteiger partial charge on any atom is 0.128 e. The van der Waals surface area contributed by atoms with Crippen molar-refractivity contribution in [1.29, 1.82) is 0 Å². The molecule has 2 rings (SSSR count). The third-order valence-electron chi connectivity index (χ3n) is 4.00. The number of rotatable bonds is 4. The van der Waals surface area contributed by atoms with Crippen molar-refractivity contribution in [1.82, 2.24) is 10.2 Å². The lowest BCUT2D eigenvalue weighted by Crippen LogP contribution is -2.46. The molecule has 0 amide bonds. The lowest BCUT2D eigenvalue weighted by Gasteiger charge is -2.38. The SMILES string of the molecule is CCC(C)[C@@H](c1cc(F)ccc1F)N1CCNCC1.Cl.Cl. The number of halogens is 4. The zero-order valence-corrected chi connectivity index (χ0v) is 14.1. The van der Waals surface area contributed by atoms with Gasteiger partial charge in [0, 0.05) is 37.8 Å². The predicted octanol–water partition coefficient (Wildman–Crippen LogP) is 3.80. The Kier molecular flexibility index (Phi) is 9.38. The van der Waals surface area contributed by atoms with Gasteiger partial charge in [0.05, 0.1) is 0 Å². The fourth-order valence-electron chi connectivity index (χ4n) is 2.79. The van der Waals surface area contributed by atoms with Crippen LogP contribution in [0.3, 0.4) is 0 Å². The summed E-state index contributed by atoms with van der Waals surface area (Å²) >= 11 is 0. The van der Waals surface area contributed by atoms with Gasteiger partial charge in [0.25, 0.3) is 0 Å². The molecule has 1 aromatic carbocycles. The molecular weight excluding hydrogens is 317 g/mol. The second kappa shape index (κ2) is 9.57. The standard InChI is InChI=1S/C15H22F2N2.2ClH/c1-3-11(2)15(19-8-6-18-7-9-19)13-10-12(16)4-5-14(13)17;;/h4-5,10-11,15,18H,3,6-9H2,1-2H3;2*1H/t11?,15-;;/m0../s1. The molecule has 0 saturated carbocycles. The first kappa shape index (κ1) is 20.6. The molecule has 0 spiro atoms. The maximum absolute atomic E-state index is 14.1. The van der Waals surface area contributed by atoms with Gasteiger partial charge in [-0.25, -0.2) is 8.78 Å². The van der Waals surface area contributed by atoms with Crippen LogP contribution in [0.4, 0.5) is 8.78 Å². The van der Waals surface area contributed by atoms with E-state index in [1.807, 2.05) is 0 Å². The first-order chi connectivity index (χ1) is 9.13. The highest BCUT2D eigenvalue weighted by Gasteiger charge is 2.28. The molecule has 0 aromatic heterocycles. The summed E-state index contributed by atoms with van der Waals surface area (Å²) in [6, 6.07) is 3.74. The van der Waals surface area contributed by atoms with E-state index < -0.39 is 0 Å². The first-order valence-electron chi connectivity index (χ1n) is 7.03. The van der Waals surface area contributed by atoms with E-state index in [2.05, 4.69) is 24.1 Å². The third kappa shape index (κ3) is 5.06. The highest BCUT2D eigenvalue weighted by Crippen LogP contribution is 2.32. The molecule has 0 radical (unpaired) electrons. The number of hydrogen-bond acceptors (Lipinski definition) is 2. The van der Waals surface area contributed by atoms with E-state index in [1.165, 1.54) is 18.2 Å². The molecule has 1 unspecified atom stereocenters. The van der Waals surface area contributed by atoms with Crippen LogP contribution in [0, 0.1) is 17.6 Å². The van der Waals surface area contributed by atoms with Crippen LogP contribution in [0.2, 0.25) is 0 Å². The van der Waals surface area contributed by atoms with Crippen molar-refractivity contribution < 1.29 is 8.78 Å². The van der Waals surface area contributed by atoms with Gasteiger partial charge in [0.15, 0.2) is 0 Å². The Hall–Kier alpha value is -0.420. The summed E-state index contributed by atoms with van der Waals surface area (Å²) < 4.78 is 27.5. The van der Waals surface area contributed by atoms with Gasteiger partial charge < -0.3 is 5.32 Å². The van der Waals surface area contributed by atoms with Gasteiger partial charge in [0.2, 0.25) is 0 Å². The Labute approximate surface area is 138 Å². The molecule has 1 aliphatic rings. The smallest absolute Gasteiger partial charge is 0.128 e. The summed E-state index contributed by atoms with van der Waals surface area (Å²) in [5, 5.41) is 3.29. The van der Waals surface area contributed by atoms with E-state index in [0.29, 0.717) is 11.5 Å². The molecule has 2 atom stereocenters. The van der Waals surface area contributed by atoms with Gasteiger partial charge in [-0.2, -0.15) is 0 Å². The van der Waals surface area contributed by atoms with Gasteiger partial charge in [-0.05, 0) is 24.1 Å². The summed E-state index contributed by atoms with van der Waals surface area (Å²) in [6.07, 6.45) is 0.949. The molecule has 1 aliphatic heterocycles. The Morgan fingerprint density at radius 3 is 2.38 bits per heavy atom. The minimum Gasteiger partial charge on any atom is -0.314 e. The Morgan fingerprint density at radius 1 is 1.19 bits per heavy atom. The summed E-state index contributed by atoms with van der Waals surface area (Å²) in [7, 11) is 0. The largest absolute Gasteiger partial charge is 0.314 e. The van der Waals surface area contributed by atoms with E-state index in [-0.39, 0.29) is 42.5 Å². The van der Waals surface area contributed by atoms with Crippen molar-refractivity contribution in [2.24, 2.45) is 5.92 Å². The molecule has 1 saturated heterocycles. The van der Waals surface area contributed by atoms with E-state index >= 15 is 0 Å². The van der Waals surface area contributed by atoms with Crippen molar-refractivity contribution >= 4 is 24.8 Å². The average molecular weight is 341 g/mol. The van der Waals surface area contributed by atoms with Crippen LogP contribution in [0.25, 0.3) is 0 Å². The quantitative estimate of drug-likeness (QED) is 0.896. The van der Waals surface area contributed by atoms with Crippen molar-refractivity contribution in [2.75, 3.05) is 26.2 Å². The van der Waals surface area contributed by atoms with Crippen LogP contribution in [-0.2, 0) is 0 Å². The van der Waals surface area contributed by atoms with E-state index in [1.54, 1.807) is 0 Å². The Morgan fingerprint density at radius 2 is 1.81 bits per heavy atom. The molecule has 1 aromatic rings. The van der Waals surface area contributed by atoms with Crippen LogP contribution >= 0.6 is 24.8 Å². The summed E-state index contributed by atoms with van der Waals surface area (Å²) in [6.45, 7) is 7.78. The van der Waals surface area contributed by atoms with Crippen molar-refractivity contribution in [3.63, 3.8) is 0 Å². The van der Waals surface area contributed by atoms with Crippen molar-refractivity contribution in [3.05, 3.63) is 35.4 Å². The monoisotopic (exact) mass is 340 g/mol. The zero-order chi connectivity index (χ0) is 13.8. The molecule has 6 heteroatoms. The van der Waals surface area contributed by atoms with Gasteiger partial charge in [-0.15, -0.1) is 24.8 Å². The van der Waals surface area contributed by atoms with Crippen LogP contribution < -0.4 is 5.32 Å². The number of piperazine rings is 1. The van der Waals surface area contributed by atoms with E-state index in [9.17, 15) is 8.78 Å². The fraction of sp³-hybridized carbons (Fsp3) is 0.600. The van der Waals surface area contributed by atoms with Crippen molar-refractivity contribution in [3.8, 4) is 0 Å². The molecule has 0 bridgehead atoms. The molecule has 2 nitrogen and oxygen atoms in total. The zero-order valence-electron chi connectivity index (χ0n) is 12.4. The maximum atomic E-state index is 14.1. The molecule has 1 heterocycles. The second-order valence-electron chi connectivity index (χ2n) is 5.28. The molecular formula is C15H24Cl2F2N2. The Bertz CT molecular complexity index is 426. The van der Waals surface area contributed by atoms with Crippen LogP contribution in [0.1, 0.15) is 31.9 Å².